The normalized spacial score (nSPS) is 20.6. The van der Waals surface area contributed by atoms with Crippen molar-refractivity contribution in [3.8, 4) is 0 Å². The van der Waals surface area contributed by atoms with E-state index in [9.17, 15) is 4.79 Å². The third kappa shape index (κ3) is 3.42. The number of methoxy groups -OCH3 is 1. The number of hydrogen-bond acceptors (Lipinski definition) is 3. The van der Waals surface area contributed by atoms with Crippen molar-refractivity contribution >= 4 is 5.91 Å². The maximum absolute atomic E-state index is 12.1. The zero-order valence-corrected chi connectivity index (χ0v) is 11.4. The van der Waals surface area contributed by atoms with Crippen LogP contribution in [0.4, 0.5) is 0 Å². The Hall–Kier alpha value is -0.610. The Kier molecular flexibility index (Phi) is 5.40. The van der Waals surface area contributed by atoms with E-state index in [1.807, 2.05) is 4.90 Å². The van der Waals surface area contributed by atoms with Gasteiger partial charge < -0.3 is 15.4 Å². The van der Waals surface area contributed by atoms with E-state index in [2.05, 4.69) is 13.8 Å². The summed E-state index contributed by atoms with van der Waals surface area (Å²) in [5, 5.41) is 0. The SMILES string of the molecule is CCC1(CC)CCN(C(=O)C(N)CCOC)C1. The summed E-state index contributed by atoms with van der Waals surface area (Å²) in [6, 6.07) is -0.403. The number of nitrogens with two attached hydrogens (primary N) is 1. The molecule has 1 atom stereocenters. The highest BCUT2D eigenvalue weighted by molar-refractivity contribution is 5.82. The third-order valence-corrected chi connectivity index (χ3v) is 4.20. The first-order chi connectivity index (χ1) is 8.08. The molecule has 4 nitrogen and oxygen atoms in total. The first-order valence-corrected chi connectivity index (χ1v) is 6.62. The number of hydrogen-bond donors (Lipinski definition) is 1. The lowest BCUT2D eigenvalue weighted by Gasteiger charge is -2.27. The van der Waals surface area contributed by atoms with Crippen molar-refractivity contribution in [2.24, 2.45) is 11.1 Å². The van der Waals surface area contributed by atoms with E-state index in [0.717, 1.165) is 32.4 Å². The molecule has 0 aromatic rings. The second kappa shape index (κ2) is 6.36. The van der Waals surface area contributed by atoms with Gasteiger partial charge in [-0.15, -0.1) is 0 Å². The minimum Gasteiger partial charge on any atom is -0.385 e. The lowest BCUT2D eigenvalue weighted by molar-refractivity contribution is -0.132. The molecule has 0 spiro atoms. The molecule has 1 heterocycles. The van der Waals surface area contributed by atoms with Gasteiger partial charge in [0.25, 0.3) is 0 Å². The molecule has 100 valence electrons. The fourth-order valence-electron chi connectivity index (χ4n) is 2.55. The number of likely N-dealkylation sites (tertiary alicyclic amines) is 1. The first kappa shape index (κ1) is 14.5. The molecule has 0 bridgehead atoms. The van der Waals surface area contributed by atoms with Crippen molar-refractivity contribution in [2.45, 2.75) is 45.6 Å². The quantitative estimate of drug-likeness (QED) is 0.765. The zero-order chi connectivity index (χ0) is 12.9. The minimum absolute atomic E-state index is 0.0887. The summed E-state index contributed by atoms with van der Waals surface area (Å²) in [4.78, 5) is 14.1. The lowest BCUT2D eigenvalue weighted by atomic mass is 9.82. The van der Waals surface area contributed by atoms with E-state index in [1.54, 1.807) is 7.11 Å². The predicted octanol–water partition coefficient (Wildman–Crippen LogP) is 1.39. The van der Waals surface area contributed by atoms with Crippen molar-refractivity contribution in [3.05, 3.63) is 0 Å². The van der Waals surface area contributed by atoms with E-state index < -0.39 is 6.04 Å². The van der Waals surface area contributed by atoms with Gasteiger partial charge in [-0.05, 0) is 31.1 Å². The fourth-order valence-corrected chi connectivity index (χ4v) is 2.55. The van der Waals surface area contributed by atoms with Crippen molar-refractivity contribution in [1.29, 1.82) is 0 Å². The summed E-state index contributed by atoms with van der Waals surface area (Å²) >= 11 is 0. The molecule has 1 aliphatic rings. The summed E-state index contributed by atoms with van der Waals surface area (Å²) in [5.41, 5.74) is 6.21. The monoisotopic (exact) mass is 242 g/mol. The van der Waals surface area contributed by atoms with E-state index >= 15 is 0 Å². The Bertz CT molecular complexity index is 252. The van der Waals surface area contributed by atoms with Crippen LogP contribution in [0.2, 0.25) is 0 Å². The van der Waals surface area contributed by atoms with Crippen LogP contribution in [-0.2, 0) is 9.53 Å². The average molecular weight is 242 g/mol. The van der Waals surface area contributed by atoms with Crippen LogP contribution in [0.1, 0.15) is 39.5 Å². The number of amides is 1. The zero-order valence-electron chi connectivity index (χ0n) is 11.4. The first-order valence-electron chi connectivity index (χ1n) is 6.62. The lowest BCUT2D eigenvalue weighted by Crippen LogP contribution is -2.44. The molecule has 0 aliphatic carbocycles. The highest BCUT2D eigenvalue weighted by Crippen LogP contribution is 2.37. The molecule has 0 radical (unpaired) electrons. The molecule has 0 aromatic carbocycles. The maximum atomic E-state index is 12.1. The Morgan fingerprint density at radius 3 is 2.59 bits per heavy atom. The maximum Gasteiger partial charge on any atom is 0.239 e. The van der Waals surface area contributed by atoms with Crippen molar-refractivity contribution in [2.75, 3.05) is 26.8 Å². The second-order valence-corrected chi connectivity index (χ2v) is 5.10. The Labute approximate surface area is 104 Å². The van der Waals surface area contributed by atoms with Gasteiger partial charge in [0.1, 0.15) is 0 Å². The molecule has 17 heavy (non-hydrogen) atoms. The molecule has 0 aromatic heterocycles. The molecule has 0 saturated carbocycles. The van der Waals surface area contributed by atoms with Crippen LogP contribution in [0, 0.1) is 5.41 Å². The van der Waals surface area contributed by atoms with Crippen LogP contribution in [0.15, 0.2) is 0 Å². The molecule has 1 rings (SSSR count). The largest absolute Gasteiger partial charge is 0.385 e. The molecule has 2 N–H and O–H groups in total. The van der Waals surface area contributed by atoms with Gasteiger partial charge in [-0.1, -0.05) is 13.8 Å². The summed E-state index contributed by atoms with van der Waals surface area (Å²) in [6.07, 6.45) is 4.00. The van der Waals surface area contributed by atoms with Crippen LogP contribution in [0.3, 0.4) is 0 Å². The Morgan fingerprint density at radius 2 is 2.12 bits per heavy atom. The topological polar surface area (TPSA) is 55.6 Å². The molecule has 1 saturated heterocycles. The number of rotatable bonds is 6. The van der Waals surface area contributed by atoms with Gasteiger partial charge in [0.2, 0.25) is 5.91 Å². The van der Waals surface area contributed by atoms with Crippen molar-refractivity contribution < 1.29 is 9.53 Å². The van der Waals surface area contributed by atoms with Crippen molar-refractivity contribution in [1.82, 2.24) is 4.90 Å². The smallest absolute Gasteiger partial charge is 0.239 e. The van der Waals surface area contributed by atoms with Crippen LogP contribution in [0.25, 0.3) is 0 Å². The number of nitrogens with zero attached hydrogens (tertiary/aromatic N) is 1. The number of ether oxygens (including phenoxy) is 1. The standard InChI is InChI=1S/C13H26N2O2/c1-4-13(5-2)7-8-15(10-13)12(16)11(14)6-9-17-3/h11H,4-10,14H2,1-3H3. The van der Waals surface area contributed by atoms with Crippen LogP contribution in [0.5, 0.6) is 0 Å². The van der Waals surface area contributed by atoms with Crippen LogP contribution in [-0.4, -0.2) is 43.7 Å². The summed E-state index contributed by atoms with van der Waals surface area (Å²) in [7, 11) is 1.63. The van der Waals surface area contributed by atoms with Gasteiger partial charge in [-0.25, -0.2) is 0 Å². The van der Waals surface area contributed by atoms with Gasteiger partial charge >= 0.3 is 0 Å². The number of carbonyl (C=O) groups is 1. The van der Waals surface area contributed by atoms with Crippen LogP contribution < -0.4 is 5.73 Å². The molecule has 4 heteroatoms. The van der Waals surface area contributed by atoms with Gasteiger partial charge in [0.05, 0.1) is 6.04 Å². The Morgan fingerprint density at radius 1 is 1.47 bits per heavy atom. The molecule has 1 amide bonds. The van der Waals surface area contributed by atoms with Crippen LogP contribution >= 0.6 is 0 Å². The third-order valence-electron chi connectivity index (χ3n) is 4.20. The van der Waals surface area contributed by atoms with Crippen molar-refractivity contribution in [3.63, 3.8) is 0 Å². The molecule has 1 aliphatic heterocycles. The van der Waals surface area contributed by atoms with Gasteiger partial charge in [-0.2, -0.15) is 0 Å². The van der Waals surface area contributed by atoms with E-state index in [4.69, 9.17) is 10.5 Å². The average Bonchev–Trinajstić information content (AvgIpc) is 2.80. The van der Waals surface area contributed by atoms with Gasteiger partial charge in [-0.3, -0.25) is 4.79 Å². The summed E-state index contributed by atoms with van der Waals surface area (Å²) < 4.78 is 4.96. The highest BCUT2D eigenvalue weighted by atomic mass is 16.5. The second-order valence-electron chi connectivity index (χ2n) is 5.10. The summed E-state index contributed by atoms with van der Waals surface area (Å²) in [5.74, 6) is 0.0887. The molecule has 1 unspecified atom stereocenters. The molecule has 1 fully saturated rings. The predicted molar refractivity (Wildman–Crippen MR) is 68.7 cm³/mol. The molecular formula is C13H26N2O2. The fraction of sp³-hybridized carbons (Fsp3) is 0.923. The number of carbonyl (C=O) groups excluding carboxylic acids is 1. The highest BCUT2D eigenvalue weighted by Gasteiger charge is 2.38. The van der Waals surface area contributed by atoms with E-state index in [1.165, 1.54) is 0 Å². The van der Waals surface area contributed by atoms with E-state index in [0.29, 0.717) is 18.4 Å². The van der Waals surface area contributed by atoms with Gasteiger partial charge in [0.15, 0.2) is 0 Å². The van der Waals surface area contributed by atoms with Gasteiger partial charge in [0, 0.05) is 26.8 Å². The minimum atomic E-state index is -0.403. The Balaban J connectivity index is 2.50. The molecular weight excluding hydrogens is 216 g/mol. The summed E-state index contributed by atoms with van der Waals surface area (Å²) in [6.45, 7) is 6.71. The van der Waals surface area contributed by atoms with E-state index in [-0.39, 0.29) is 5.91 Å².